The topological polar surface area (TPSA) is 51.0 Å². The van der Waals surface area contributed by atoms with Gasteiger partial charge in [0, 0.05) is 48.6 Å². The Morgan fingerprint density at radius 2 is 1.93 bits per heavy atom. The number of hydrogen-bond donors (Lipinski definition) is 0. The summed E-state index contributed by atoms with van der Waals surface area (Å²) < 4.78 is 2.06. The molecule has 5 heteroatoms. The van der Waals surface area contributed by atoms with Gasteiger partial charge in [-0.05, 0) is 37.1 Å². The number of aromatic nitrogens is 3. The van der Waals surface area contributed by atoms with Crippen molar-refractivity contribution in [1.29, 1.82) is 0 Å². The van der Waals surface area contributed by atoms with E-state index < -0.39 is 0 Å². The first-order chi connectivity index (χ1) is 13.6. The average Bonchev–Trinajstić information content (AvgIpc) is 3.24. The molecule has 3 heterocycles. The smallest absolute Gasteiger partial charge is 0.253 e. The van der Waals surface area contributed by atoms with Crippen LogP contribution in [0, 0.1) is 0 Å². The largest absolute Gasteiger partial charge is 0.338 e. The highest BCUT2D eigenvalue weighted by Crippen LogP contribution is 2.27. The third-order valence-corrected chi connectivity index (χ3v) is 5.34. The fourth-order valence-corrected chi connectivity index (χ4v) is 3.90. The molecule has 1 fully saturated rings. The Morgan fingerprint density at radius 3 is 2.71 bits per heavy atom. The van der Waals surface area contributed by atoms with Gasteiger partial charge < -0.3 is 4.90 Å². The predicted molar refractivity (Wildman–Crippen MR) is 110 cm³/mol. The first kappa shape index (κ1) is 18.4. The molecule has 5 nitrogen and oxygen atoms in total. The second kappa shape index (κ2) is 7.97. The van der Waals surface area contributed by atoms with Crippen LogP contribution in [-0.2, 0) is 0 Å². The highest BCUT2D eigenvalue weighted by molar-refractivity contribution is 5.94. The summed E-state index contributed by atoms with van der Waals surface area (Å²) in [7, 11) is 0. The van der Waals surface area contributed by atoms with Crippen molar-refractivity contribution in [3.63, 3.8) is 0 Å². The van der Waals surface area contributed by atoms with E-state index in [1.54, 1.807) is 0 Å². The molecule has 0 N–H and O–H groups in total. The zero-order valence-electron chi connectivity index (χ0n) is 16.5. The van der Waals surface area contributed by atoms with Gasteiger partial charge >= 0.3 is 0 Å². The van der Waals surface area contributed by atoms with E-state index in [4.69, 9.17) is 4.98 Å². The third kappa shape index (κ3) is 3.70. The molecule has 1 atom stereocenters. The Bertz CT molecular complexity index is 948. The van der Waals surface area contributed by atoms with Gasteiger partial charge in [0.25, 0.3) is 5.91 Å². The highest BCUT2D eigenvalue weighted by atomic mass is 16.2. The lowest BCUT2D eigenvalue weighted by Gasteiger charge is -2.32. The van der Waals surface area contributed by atoms with Crippen molar-refractivity contribution in [1.82, 2.24) is 19.4 Å². The minimum atomic E-state index is 0.109. The van der Waals surface area contributed by atoms with Gasteiger partial charge in [-0.15, -0.1) is 0 Å². The molecule has 4 rings (SSSR count). The van der Waals surface area contributed by atoms with E-state index in [1.165, 1.54) is 0 Å². The Morgan fingerprint density at radius 1 is 1.11 bits per heavy atom. The standard InChI is InChI=1S/C23H26N4O/c1-17(2)22-24-13-15-27(22)21-12-6-11-20(25-21)19-10-7-14-26(16-19)23(28)18-8-4-3-5-9-18/h3-6,8-9,11-13,15,17,19H,7,10,14,16H2,1-2H3. The highest BCUT2D eigenvalue weighted by Gasteiger charge is 2.26. The zero-order chi connectivity index (χ0) is 19.5. The molecule has 1 amide bonds. The lowest BCUT2D eigenvalue weighted by atomic mass is 9.93. The minimum Gasteiger partial charge on any atom is -0.338 e. The maximum atomic E-state index is 12.8. The van der Waals surface area contributed by atoms with Crippen molar-refractivity contribution >= 4 is 5.91 Å². The number of imidazole rings is 1. The van der Waals surface area contributed by atoms with Crippen LogP contribution in [0.2, 0.25) is 0 Å². The Labute approximate surface area is 166 Å². The van der Waals surface area contributed by atoms with Gasteiger partial charge in [0.15, 0.2) is 0 Å². The summed E-state index contributed by atoms with van der Waals surface area (Å²) in [6.07, 6.45) is 5.84. The summed E-state index contributed by atoms with van der Waals surface area (Å²) in [6.45, 7) is 5.79. The molecule has 2 aromatic heterocycles. The summed E-state index contributed by atoms with van der Waals surface area (Å²) in [5.74, 6) is 2.60. The van der Waals surface area contributed by atoms with E-state index in [9.17, 15) is 4.79 Å². The number of piperidine rings is 1. The number of carbonyl (C=O) groups excluding carboxylic acids is 1. The lowest BCUT2D eigenvalue weighted by molar-refractivity contribution is 0.0706. The molecule has 0 spiro atoms. The fraction of sp³-hybridized carbons (Fsp3) is 0.348. The normalized spacial score (nSPS) is 17.1. The van der Waals surface area contributed by atoms with E-state index in [0.717, 1.165) is 42.3 Å². The second-order valence-electron chi connectivity index (χ2n) is 7.69. The van der Waals surface area contributed by atoms with E-state index in [0.29, 0.717) is 12.5 Å². The first-order valence-corrected chi connectivity index (χ1v) is 9.98. The molecule has 0 aliphatic carbocycles. The van der Waals surface area contributed by atoms with Gasteiger partial charge in [-0.1, -0.05) is 38.1 Å². The molecule has 3 aromatic rings. The van der Waals surface area contributed by atoms with Gasteiger partial charge in [-0.3, -0.25) is 9.36 Å². The number of likely N-dealkylation sites (tertiary alicyclic amines) is 1. The van der Waals surface area contributed by atoms with Gasteiger partial charge in [0.05, 0.1) is 0 Å². The monoisotopic (exact) mass is 374 g/mol. The molecule has 1 saturated heterocycles. The van der Waals surface area contributed by atoms with Crippen LogP contribution in [-0.4, -0.2) is 38.4 Å². The molecule has 144 valence electrons. The van der Waals surface area contributed by atoms with E-state index >= 15 is 0 Å². The van der Waals surface area contributed by atoms with Crippen LogP contribution in [0.15, 0.2) is 60.9 Å². The molecule has 1 aliphatic heterocycles. The Balaban J connectivity index is 1.56. The first-order valence-electron chi connectivity index (χ1n) is 9.98. The number of amides is 1. The van der Waals surface area contributed by atoms with Gasteiger partial charge in [-0.2, -0.15) is 0 Å². The molecule has 0 saturated carbocycles. The number of hydrogen-bond acceptors (Lipinski definition) is 3. The number of benzene rings is 1. The zero-order valence-corrected chi connectivity index (χ0v) is 16.5. The SMILES string of the molecule is CC(C)c1nccn1-c1cccc(C2CCCN(C(=O)c3ccccc3)C2)n1. The molecular weight excluding hydrogens is 348 g/mol. The van der Waals surface area contributed by atoms with Gasteiger partial charge in [0.1, 0.15) is 11.6 Å². The van der Waals surface area contributed by atoms with Crippen LogP contribution < -0.4 is 0 Å². The minimum absolute atomic E-state index is 0.109. The maximum absolute atomic E-state index is 12.8. The summed E-state index contributed by atoms with van der Waals surface area (Å²) in [6, 6.07) is 15.7. The lowest BCUT2D eigenvalue weighted by Crippen LogP contribution is -2.39. The maximum Gasteiger partial charge on any atom is 0.253 e. The summed E-state index contributed by atoms with van der Waals surface area (Å²) in [5, 5.41) is 0. The van der Waals surface area contributed by atoms with Crippen molar-refractivity contribution in [2.75, 3.05) is 13.1 Å². The van der Waals surface area contributed by atoms with Gasteiger partial charge in [-0.25, -0.2) is 9.97 Å². The van der Waals surface area contributed by atoms with E-state index in [-0.39, 0.29) is 11.8 Å². The van der Waals surface area contributed by atoms with Crippen LogP contribution in [0.25, 0.3) is 5.82 Å². The Kier molecular flexibility index (Phi) is 5.24. The summed E-state index contributed by atoms with van der Waals surface area (Å²) in [5.41, 5.74) is 1.80. The number of carbonyl (C=O) groups is 1. The van der Waals surface area contributed by atoms with Crippen molar-refractivity contribution < 1.29 is 4.79 Å². The molecule has 1 aromatic carbocycles. The van der Waals surface area contributed by atoms with E-state index in [2.05, 4.69) is 35.5 Å². The predicted octanol–water partition coefficient (Wildman–Crippen LogP) is 4.41. The van der Waals surface area contributed by atoms with Crippen LogP contribution in [0.3, 0.4) is 0 Å². The molecule has 0 bridgehead atoms. The summed E-state index contributed by atoms with van der Waals surface area (Å²) in [4.78, 5) is 24.2. The number of nitrogens with zero attached hydrogens (tertiary/aromatic N) is 4. The molecule has 28 heavy (non-hydrogen) atoms. The fourth-order valence-electron chi connectivity index (χ4n) is 3.90. The van der Waals surface area contributed by atoms with Crippen molar-refractivity contribution in [3.05, 3.63) is 78.0 Å². The van der Waals surface area contributed by atoms with Crippen LogP contribution in [0.5, 0.6) is 0 Å². The van der Waals surface area contributed by atoms with Crippen LogP contribution in [0.4, 0.5) is 0 Å². The van der Waals surface area contributed by atoms with Crippen molar-refractivity contribution in [3.8, 4) is 5.82 Å². The van der Waals surface area contributed by atoms with E-state index in [1.807, 2.05) is 53.7 Å². The summed E-state index contributed by atoms with van der Waals surface area (Å²) >= 11 is 0. The van der Waals surface area contributed by atoms with Gasteiger partial charge in [0.2, 0.25) is 0 Å². The van der Waals surface area contributed by atoms with Crippen LogP contribution in [0.1, 0.15) is 60.4 Å². The van der Waals surface area contributed by atoms with Crippen LogP contribution >= 0.6 is 0 Å². The molecule has 0 radical (unpaired) electrons. The number of rotatable bonds is 4. The quantitative estimate of drug-likeness (QED) is 0.680. The molecule has 1 aliphatic rings. The third-order valence-electron chi connectivity index (χ3n) is 5.34. The van der Waals surface area contributed by atoms with Crippen molar-refractivity contribution in [2.45, 2.75) is 38.5 Å². The average molecular weight is 374 g/mol. The second-order valence-corrected chi connectivity index (χ2v) is 7.69. The van der Waals surface area contributed by atoms with Crippen molar-refractivity contribution in [2.24, 2.45) is 0 Å². The number of pyridine rings is 1. The molecule has 1 unspecified atom stereocenters. The Hall–Kier alpha value is -2.95. The molecular formula is C23H26N4O.